The molecule has 0 saturated heterocycles. The Morgan fingerprint density at radius 1 is 1.20 bits per heavy atom. The monoisotopic (exact) mass is 430 g/mol. The summed E-state index contributed by atoms with van der Waals surface area (Å²) in [5.41, 5.74) is 6.54. The molecule has 0 spiro atoms. The van der Waals surface area contributed by atoms with Crippen LogP contribution in [-0.2, 0) is 0 Å². The Morgan fingerprint density at radius 2 is 2.00 bits per heavy atom. The fourth-order valence-corrected chi connectivity index (χ4v) is 3.64. The number of nitrogens with zero attached hydrogens (tertiary/aromatic N) is 5. The summed E-state index contributed by atoms with van der Waals surface area (Å²) in [5, 5.41) is 20.8. The van der Waals surface area contributed by atoms with Crippen molar-refractivity contribution in [1.29, 1.82) is 0 Å². The second-order valence-corrected chi connectivity index (χ2v) is 7.48. The number of phenolic OH excluding ortho intramolecular Hbond substituents is 1. The summed E-state index contributed by atoms with van der Waals surface area (Å²) in [5.74, 6) is 1.90. The maximum Gasteiger partial charge on any atom is 0.249 e. The number of halogens is 1. The topological polar surface area (TPSA) is 136 Å². The van der Waals surface area contributed by atoms with Gasteiger partial charge in [-0.25, -0.2) is 9.97 Å². The van der Waals surface area contributed by atoms with Gasteiger partial charge < -0.3 is 26.2 Å². The summed E-state index contributed by atoms with van der Waals surface area (Å²) in [4.78, 5) is 12.8. The van der Waals surface area contributed by atoms with Crippen LogP contribution < -0.4 is 21.1 Å². The molecule has 11 heteroatoms. The molecule has 2 aromatic heterocycles. The van der Waals surface area contributed by atoms with E-state index in [2.05, 4.69) is 30.7 Å². The predicted molar refractivity (Wildman–Crippen MR) is 115 cm³/mol. The molecule has 5 N–H and O–H groups in total. The van der Waals surface area contributed by atoms with E-state index in [9.17, 15) is 5.11 Å². The first-order valence-corrected chi connectivity index (χ1v) is 10.1. The minimum atomic E-state index is -0.0870. The molecule has 2 heterocycles. The van der Waals surface area contributed by atoms with Crippen LogP contribution in [0.1, 0.15) is 32.1 Å². The molecular weight excluding hydrogens is 408 g/mol. The van der Waals surface area contributed by atoms with Crippen molar-refractivity contribution in [2.75, 3.05) is 23.5 Å². The molecule has 3 aromatic rings. The average molecular weight is 431 g/mol. The van der Waals surface area contributed by atoms with Crippen LogP contribution in [0.5, 0.6) is 11.5 Å². The second-order valence-electron chi connectivity index (χ2n) is 7.08. The van der Waals surface area contributed by atoms with Gasteiger partial charge in [0, 0.05) is 18.2 Å². The summed E-state index contributed by atoms with van der Waals surface area (Å²) < 4.78 is 6.68. The molecule has 30 heavy (non-hydrogen) atoms. The number of aromatic nitrogens is 5. The molecule has 158 valence electrons. The zero-order valence-electron chi connectivity index (χ0n) is 16.5. The first-order chi connectivity index (χ1) is 14.5. The van der Waals surface area contributed by atoms with E-state index in [1.54, 1.807) is 6.07 Å². The Bertz CT molecular complexity index is 1040. The smallest absolute Gasteiger partial charge is 0.249 e. The highest BCUT2D eigenvalue weighted by atomic mass is 35.5. The molecular formula is C19H23ClN8O2. The normalized spacial score (nSPS) is 14.5. The molecule has 1 aromatic carbocycles. The van der Waals surface area contributed by atoms with E-state index in [0.29, 0.717) is 23.3 Å². The highest BCUT2D eigenvalue weighted by molar-refractivity contribution is 6.32. The molecule has 0 unspecified atom stereocenters. The lowest BCUT2D eigenvalue weighted by atomic mass is 9.95. The van der Waals surface area contributed by atoms with E-state index in [0.717, 1.165) is 18.7 Å². The number of phenols is 1. The maximum absolute atomic E-state index is 9.75. The third-order valence-electron chi connectivity index (χ3n) is 4.97. The maximum atomic E-state index is 9.75. The summed E-state index contributed by atoms with van der Waals surface area (Å²) in [6.07, 6.45) is 7.48. The molecule has 1 fully saturated rings. The Hall–Kier alpha value is -3.27. The van der Waals surface area contributed by atoms with Crippen molar-refractivity contribution < 1.29 is 9.84 Å². The van der Waals surface area contributed by atoms with Gasteiger partial charge in [0.15, 0.2) is 5.82 Å². The van der Waals surface area contributed by atoms with Gasteiger partial charge in [-0.3, -0.25) is 0 Å². The third kappa shape index (κ3) is 4.33. The number of nitrogens with two attached hydrogens (primary N) is 1. The Balaban J connectivity index is 1.56. The van der Waals surface area contributed by atoms with Gasteiger partial charge >= 0.3 is 0 Å². The first-order valence-electron chi connectivity index (χ1n) is 9.68. The lowest BCUT2D eigenvalue weighted by Crippen LogP contribution is -2.23. The molecule has 0 atom stereocenters. The zero-order chi connectivity index (χ0) is 21.1. The number of hydrogen-bond donors (Lipinski definition) is 4. The van der Waals surface area contributed by atoms with Crippen LogP contribution in [0.4, 0.5) is 23.4 Å². The molecule has 0 bridgehead atoms. The largest absolute Gasteiger partial charge is 0.506 e. The zero-order valence-corrected chi connectivity index (χ0v) is 17.2. The van der Waals surface area contributed by atoms with Crippen molar-refractivity contribution in [3.63, 3.8) is 0 Å². The highest BCUT2D eigenvalue weighted by Crippen LogP contribution is 2.36. The number of aromatic hydroxyl groups is 1. The summed E-state index contributed by atoms with van der Waals surface area (Å²) in [7, 11) is 1.48. The molecule has 10 nitrogen and oxygen atoms in total. The quantitative estimate of drug-likeness (QED) is 0.433. The number of hydrogen-bond acceptors (Lipinski definition) is 9. The number of ether oxygens (including phenoxy) is 1. The fraction of sp³-hybridized carbons (Fsp3) is 0.368. The van der Waals surface area contributed by atoms with Gasteiger partial charge in [0.05, 0.1) is 17.8 Å². The van der Waals surface area contributed by atoms with E-state index in [4.69, 9.17) is 22.1 Å². The van der Waals surface area contributed by atoms with Gasteiger partial charge in [-0.1, -0.05) is 30.9 Å². The number of benzene rings is 1. The van der Waals surface area contributed by atoms with Gasteiger partial charge in [-0.05, 0) is 18.9 Å². The molecule has 0 radical (unpaired) electrons. The summed E-state index contributed by atoms with van der Waals surface area (Å²) >= 11 is 6.00. The number of anilines is 4. The molecule has 0 aliphatic heterocycles. The van der Waals surface area contributed by atoms with Crippen molar-refractivity contribution >= 4 is 35.0 Å². The van der Waals surface area contributed by atoms with E-state index in [1.807, 2.05) is 0 Å². The predicted octanol–water partition coefficient (Wildman–Crippen LogP) is 3.50. The van der Waals surface area contributed by atoms with E-state index >= 15 is 0 Å². The average Bonchev–Trinajstić information content (AvgIpc) is 3.11. The lowest BCUT2D eigenvalue weighted by molar-refractivity contribution is 0.409. The lowest BCUT2D eigenvalue weighted by Gasteiger charge is -2.23. The van der Waals surface area contributed by atoms with Gasteiger partial charge in [-0.15, -0.1) is 5.10 Å². The van der Waals surface area contributed by atoms with Crippen LogP contribution in [0.15, 0.2) is 24.5 Å². The Kier molecular flexibility index (Phi) is 5.75. The molecule has 4 rings (SSSR count). The van der Waals surface area contributed by atoms with Gasteiger partial charge in [0.1, 0.15) is 23.6 Å². The second kappa shape index (κ2) is 8.62. The summed E-state index contributed by atoms with van der Waals surface area (Å²) in [6, 6.07) is 5.13. The van der Waals surface area contributed by atoms with Crippen LogP contribution in [0.25, 0.3) is 5.82 Å². The summed E-state index contributed by atoms with van der Waals surface area (Å²) in [6.45, 7) is 0. The molecule has 1 aliphatic rings. The number of rotatable bonds is 6. The Morgan fingerprint density at radius 3 is 2.77 bits per heavy atom. The van der Waals surface area contributed by atoms with Crippen molar-refractivity contribution in [3.05, 3.63) is 29.5 Å². The standard InChI is InChI=1S/C19H23ClN8O2/c1-30-15-8-14(29)12(20)7-13(15)25-19-26-18(21)28(27-19)17-9-16(22-10-23-17)24-11-5-3-2-4-6-11/h7-11,29H,2-6H2,1H3,(H,22,23,24)(H3,21,25,26,27). The van der Waals surface area contributed by atoms with Gasteiger partial charge in [0.2, 0.25) is 11.9 Å². The number of nitrogen functional groups attached to an aromatic ring is 1. The first kappa shape index (κ1) is 20.0. The minimum absolute atomic E-state index is 0.0870. The van der Waals surface area contributed by atoms with E-state index in [1.165, 1.54) is 49.5 Å². The Labute approximate surface area is 178 Å². The minimum Gasteiger partial charge on any atom is -0.506 e. The number of methoxy groups -OCH3 is 1. The molecule has 1 aliphatic carbocycles. The van der Waals surface area contributed by atoms with Crippen molar-refractivity contribution in [2.24, 2.45) is 0 Å². The highest BCUT2D eigenvalue weighted by Gasteiger charge is 2.16. The molecule has 1 saturated carbocycles. The van der Waals surface area contributed by atoms with Crippen LogP contribution in [0.2, 0.25) is 5.02 Å². The van der Waals surface area contributed by atoms with Crippen molar-refractivity contribution in [3.8, 4) is 17.3 Å². The molecule has 0 amide bonds. The van der Waals surface area contributed by atoms with Crippen LogP contribution in [-0.4, -0.2) is 43.0 Å². The van der Waals surface area contributed by atoms with Gasteiger partial charge in [-0.2, -0.15) is 9.67 Å². The van der Waals surface area contributed by atoms with Crippen molar-refractivity contribution in [1.82, 2.24) is 24.7 Å². The van der Waals surface area contributed by atoms with Gasteiger partial charge in [0.25, 0.3) is 0 Å². The fourth-order valence-electron chi connectivity index (χ4n) is 3.47. The van der Waals surface area contributed by atoms with E-state index < -0.39 is 0 Å². The number of nitrogens with one attached hydrogen (secondary N) is 2. The van der Waals surface area contributed by atoms with Crippen LogP contribution in [0.3, 0.4) is 0 Å². The van der Waals surface area contributed by atoms with E-state index in [-0.39, 0.29) is 22.7 Å². The SMILES string of the molecule is COc1cc(O)c(Cl)cc1Nc1nc(N)n(-c2cc(NC3CCCCC3)ncn2)n1. The third-order valence-corrected chi connectivity index (χ3v) is 5.28. The van der Waals surface area contributed by atoms with Crippen LogP contribution in [0, 0.1) is 0 Å². The van der Waals surface area contributed by atoms with Crippen LogP contribution >= 0.6 is 11.6 Å². The van der Waals surface area contributed by atoms with Crippen molar-refractivity contribution in [2.45, 2.75) is 38.1 Å².